The number of rotatable bonds is 4. The van der Waals surface area contributed by atoms with Crippen molar-refractivity contribution in [3.8, 4) is 18.2 Å². The fourth-order valence-corrected chi connectivity index (χ4v) is 3.66. The number of ether oxygens (including phenoxy) is 1. The van der Waals surface area contributed by atoms with E-state index in [4.69, 9.17) is 15.3 Å². The topological polar surface area (TPSA) is 97.7 Å². The molecule has 0 spiro atoms. The van der Waals surface area contributed by atoms with E-state index in [0.717, 1.165) is 6.42 Å². The maximum atomic E-state index is 12.1. The lowest BCUT2D eigenvalue weighted by atomic mass is 9.76. The first-order valence-corrected chi connectivity index (χ1v) is 8.64. The maximum absolute atomic E-state index is 12.1. The van der Waals surface area contributed by atoms with Crippen LogP contribution in [0.2, 0.25) is 0 Å². The number of thioether (sulfide) groups is 1. The molecule has 1 rings (SSSR count). The smallest absolute Gasteiger partial charge is 0.348 e. The third kappa shape index (κ3) is 4.38. The molecule has 0 saturated heterocycles. The summed E-state index contributed by atoms with van der Waals surface area (Å²) in [5, 5.41) is 27.8. The van der Waals surface area contributed by atoms with Crippen LogP contribution < -0.4 is 0 Å². The van der Waals surface area contributed by atoms with Gasteiger partial charge in [-0.3, -0.25) is 0 Å². The van der Waals surface area contributed by atoms with Gasteiger partial charge in [-0.1, -0.05) is 6.92 Å². The summed E-state index contributed by atoms with van der Waals surface area (Å²) < 4.78 is 4.99. The summed E-state index contributed by atoms with van der Waals surface area (Å²) in [4.78, 5) is 12.7. The average molecular weight is 329 g/mol. The van der Waals surface area contributed by atoms with Crippen LogP contribution in [0.1, 0.15) is 33.1 Å². The van der Waals surface area contributed by atoms with E-state index in [-0.39, 0.29) is 23.7 Å². The maximum Gasteiger partial charge on any atom is 0.348 e. The molecule has 0 radical (unpaired) electrons. The minimum Gasteiger partial charge on any atom is -0.462 e. The highest BCUT2D eigenvalue weighted by molar-refractivity contribution is 8.02. The van der Waals surface area contributed by atoms with Gasteiger partial charge in [0.2, 0.25) is 0 Å². The van der Waals surface area contributed by atoms with E-state index in [0.29, 0.717) is 29.2 Å². The first-order chi connectivity index (χ1) is 11.0. The van der Waals surface area contributed by atoms with E-state index in [1.165, 1.54) is 11.8 Å². The second kappa shape index (κ2) is 9.03. The standard InChI is InChI=1S/C17H19N3O2S/c1-4-22-17(21)15(10-20)14-7-11(2)5-6-13(14)16(23-3)12(8-18)9-19/h11,13H,4-7H2,1-3H3. The molecule has 0 heterocycles. The summed E-state index contributed by atoms with van der Waals surface area (Å²) in [7, 11) is 0. The van der Waals surface area contributed by atoms with Crippen LogP contribution in [-0.4, -0.2) is 18.8 Å². The van der Waals surface area contributed by atoms with Crippen molar-refractivity contribution in [2.45, 2.75) is 33.1 Å². The minimum absolute atomic E-state index is 0.0187. The molecule has 0 bridgehead atoms. The molecule has 0 N–H and O–H groups in total. The highest BCUT2D eigenvalue weighted by atomic mass is 32.2. The highest BCUT2D eigenvalue weighted by Gasteiger charge is 2.32. The minimum atomic E-state index is -0.625. The van der Waals surface area contributed by atoms with E-state index in [9.17, 15) is 10.1 Å². The van der Waals surface area contributed by atoms with Gasteiger partial charge in [0.25, 0.3) is 0 Å². The number of nitrogens with zero attached hydrogens (tertiary/aromatic N) is 3. The Morgan fingerprint density at radius 1 is 1.26 bits per heavy atom. The number of allylic oxidation sites excluding steroid dienone is 3. The first-order valence-electron chi connectivity index (χ1n) is 7.42. The van der Waals surface area contributed by atoms with E-state index < -0.39 is 5.97 Å². The normalized spacial score (nSPS) is 22.1. The SMILES string of the molecule is CCOC(=O)C(C#N)=C1CC(C)CCC1C(SC)=C(C#N)C#N. The van der Waals surface area contributed by atoms with Crippen LogP contribution in [0, 0.1) is 45.8 Å². The molecule has 6 heteroatoms. The van der Waals surface area contributed by atoms with Crippen LogP contribution in [0.25, 0.3) is 0 Å². The molecule has 23 heavy (non-hydrogen) atoms. The average Bonchev–Trinajstić information content (AvgIpc) is 2.54. The molecule has 2 unspecified atom stereocenters. The van der Waals surface area contributed by atoms with E-state index >= 15 is 0 Å². The molecule has 120 valence electrons. The summed E-state index contributed by atoms with van der Waals surface area (Å²) in [6.07, 6.45) is 4.03. The Hall–Kier alpha value is -2.23. The van der Waals surface area contributed by atoms with Gasteiger partial charge in [0.05, 0.1) is 6.61 Å². The fourth-order valence-electron chi connectivity index (χ4n) is 2.82. The molecule has 0 aliphatic heterocycles. The third-order valence-electron chi connectivity index (χ3n) is 3.86. The van der Waals surface area contributed by atoms with Crippen molar-refractivity contribution in [1.29, 1.82) is 15.8 Å². The van der Waals surface area contributed by atoms with Gasteiger partial charge in [0.1, 0.15) is 29.4 Å². The van der Waals surface area contributed by atoms with Crippen molar-refractivity contribution < 1.29 is 9.53 Å². The van der Waals surface area contributed by atoms with Crippen LogP contribution in [0.3, 0.4) is 0 Å². The molecule has 1 saturated carbocycles. The van der Waals surface area contributed by atoms with Gasteiger partial charge in [-0.05, 0) is 43.9 Å². The van der Waals surface area contributed by atoms with Gasteiger partial charge >= 0.3 is 5.97 Å². The van der Waals surface area contributed by atoms with Crippen molar-refractivity contribution >= 4 is 17.7 Å². The van der Waals surface area contributed by atoms with Crippen molar-refractivity contribution in [3.63, 3.8) is 0 Å². The summed E-state index contributed by atoms with van der Waals surface area (Å²) in [6, 6.07) is 5.81. The molecule has 2 atom stereocenters. The first kappa shape index (κ1) is 18.8. The Morgan fingerprint density at radius 2 is 1.91 bits per heavy atom. The largest absolute Gasteiger partial charge is 0.462 e. The van der Waals surface area contributed by atoms with Crippen LogP contribution in [0.4, 0.5) is 0 Å². The van der Waals surface area contributed by atoms with Crippen molar-refractivity contribution in [2.24, 2.45) is 11.8 Å². The van der Waals surface area contributed by atoms with Crippen LogP contribution in [-0.2, 0) is 9.53 Å². The monoisotopic (exact) mass is 329 g/mol. The number of hydrogen-bond donors (Lipinski definition) is 0. The Balaban J connectivity index is 3.48. The molecular weight excluding hydrogens is 310 g/mol. The lowest BCUT2D eigenvalue weighted by molar-refractivity contribution is -0.138. The van der Waals surface area contributed by atoms with Gasteiger partial charge in [-0.15, -0.1) is 11.8 Å². The zero-order valence-electron chi connectivity index (χ0n) is 13.5. The number of hydrogen-bond acceptors (Lipinski definition) is 6. The molecular formula is C17H19N3O2S. The van der Waals surface area contributed by atoms with Gasteiger partial charge in [-0.25, -0.2) is 4.79 Å². The fraction of sp³-hybridized carbons (Fsp3) is 0.529. The summed E-state index contributed by atoms with van der Waals surface area (Å²) >= 11 is 1.33. The summed E-state index contributed by atoms with van der Waals surface area (Å²) in [5.41, 5.74) is 0.762. The van der Waals surface area contributed by atoms with Crippen molar-refractivity contribution in [1.82, 2.24) is 0 Å². The number of carbonyl (C=O) groups excluding carboxylic acids is 1. The second-order valence-corrected chi connectivity index (χ2v) is 6.19. The molecule has 0 aromatic heterocycles. The van der Waals surface area contributed by atoms with E-state index in [1.54, 1.807) is 13.2 Å². The van der Waals surface area contributed by atoms with Gasteiger partial charge in [0, 0.05) is 10.8 Å². The Labute approximate surface area is 141 Å². The highest BCUT2D eigenvalue weighted by Crippen LogP contribution is 2.43. The predicted molar refractivity (Wildman–Crippen MR) is 87.5 cm³/mol. The number of carbonyl (C=O) groups is 1. The zero-order chi connectivity index (χ0) is 17.4. The van der Waals surface area contributed by atoms with E-state index in [1.807, 2.05) is 18.2 Å². The number of esters is 1. The Bertz CT molecular complexity index is 643. The zero-order valence-corrected chi connectivity index (χ0v) is 14.4. The lowest BCUT2D eigenvalue weighted by Crippen LogP contribution is -2.22. The number of nitriles is 3. The quantitative estimate of drug-likeness (QED) is 0.445. The lowest BCUT2D eigenvalue weighted by Gasteiger charge is -2.31. The van der Waals surface area contributed by atoms with Crippen LogP contribution in [0.15, 0.2) is 21.6 Å². The van der Waals surface area contributed by atoms with Gasteiger partial charge in [-0.2, -0.15) is 15.8 Å². The predicted octanol–water partition coefficient (Wildman–Crippen LogP) is 3.47. The van der Waals surface area contributed by atoms with Crippen molar-refractivity contribution in [3.05, 3.63) is 21.6 Å². The van der Waals surface area contributed by atoms with Gasteiger partial charge in [0.15, 0.2) is 0 Å². The van der Waals surface area contributed by atoms with Crippen LogP contribution >= 0.6 is 11.8 Å². The molecule has 1 fully saturated rings. The molecule has 1 aliphatic rings. The van der Waals surface area contributed by atoms with E-state index in [2.05, 4.69) is 6.92 Å². The second-order valence-electron chi connectivity index (χ2n) is 5.34. The molecule has 5 nitrogen and oxygen atoms in total. The summed E-state index contributed by atoms with van der Waals surface area (Å²) in [5.74, 6) is -0.524. The Morgan fingerprint density at radius 3 is 2.39 bits per heavy atom. The summed E-state index contributed by atoms with van der Waals surface area (Å²) in [6.45, 7) is 3.95. The van der Waals surface area contributed by atoms with Gasteiger partial charge < -0.3 is 4.74 Å². The molecule has 1 aliphatic carbocycles. The molecule has 0 amide bonds. The molecule has 0 aromatic rings. The Kier molecular flexibility index (Phi) is 7.39. The van der Waals surface area contributed by atoms with Crippen molar-refractivity contribution in [2.75, 3.05) is 12.9 Å². The molecule has 0 aromatic carbocycles. The third-order valence-corrected chi connectivity index (χ3v) is 4.78. The van der Waals surface area contributed by atoms with Crippen LogP contribution in [0.5, 0.6) is 0 Å².